The van der Waals surface area contributed by atoms with Gasteiger partial charge in [0.15, 0.2) is 12.2 Å². The molecule has 1 saturated heterocycles. The molecule has 0 radical (unpaired) electrons. The fraction of sp³-hybridized carbons (Fsp3) is 0.556. The van der Waals surface area contributed by atoms with Gasteiger partial charge in [0.25, 0.3) is 0 Å². The minimum Gasteiger partial charge on any atom is -0.463 e. The summed E-state index contributed by atoms with van der Waals surface area (Å²) < 4.78 is 32.4. The monoisotopic (exact) mass is 442 g/mol. The Morgan fingerprint density at radius 3 is 1.94 bits per heavy atom. The molecule has 31 heavy (non-hydrogen) atoms. The maximum Gasteiger partial charge on any atom is 0.421 e. The highest BCUT2D eigenvalue weighted by Crippen LogP contribution is 2.30. The first-order valence-electron chi connectivity index (χ1n) is 9.08. The molecule has 1 unspecified atom stereocenters. The predicted octanol–water partition coefficient (Wildman–Crippen LogP) is -0.0491. The van der Waals surface area contributed by atoms with E-state index in [1.807, 2.05) is 0 Å². The van der Waals surface area contributed by atoms with Crippen LogP contribution in [-0.4, -0.2) is 76.8 Å². The van der Waals surface area contributed by atoms with E-state index in [9.17, 15) is 24.0 Å². The topological polar surface area (TPSA) is 159 Å². The maximum absolute atomic E-state index is 12.4. The van der Waals surface area contributed by atoms with Crippen molar-refractivity contribution in [2.75, 3.05) is 6.61 Å². The lowest BCUT2D eigenvalue weighted by atomic mass is 9.98. The fourth-order valence-electron chi connectivity index (χ4n) is 2.81. The zero-order chi connectivity index (χ0) is 23.1. The normalized spacial score (nSPS) is 25.1. The summed E-state index contributed by atoms with van der Waals surface area (Å²) in [5.41, 5.74) is 0. The van der Waals surface area contributed by atoms with Crippen LogP contribution in [0.3, 0.4) is 0 Å². The Hall–Kier alpha value is -3.48. The molecular weight excluding hydrogens is 420 g/mol. The molecule has 0 N–H and O–H groups in total. The molecule has 0 aromatic carbocycles. The van der Waals surface area contributed by atoms with E-state index in [2.05, 4.69) is 4.98 Å². The third-order valence-electron chi connectivity index (χ3n) is 3.88. The largest absolute Gasteiger partial charge is 0.463 e. The Morgan fingerprint density at radius 2 is 1.42 bits per heavy atom. The maximum atomic E-state index is 12.4. The lowest BCUT2D eigenvalue weighted by molar-refractivity contribution is -0.294. The number of esters is 4. The van der Waals surface area contributed by atoms with Crippen LogP contribution in [0.1, 0.15) is 27.7 Å². The first kappa shape index (κ1) is 23.8. The molecule has 0 aliphatic carbocycles. The van der Waals surface area contributed by atoms with Crippen LogP contribution in [0.5, 0.6) is 0 Å². The quantitative estimate of drug-likeness (QED) is 0.428. The molecule has 0 bridgehead atoms. The van der Waals surface area contributed by atoms with Gasteiger partial charge in [-0.3, -0.25) is 19.2 Å². The van der Waals surface area contributed by atoms with Crippen molar-refractivity contribution in [3.63, 3.8) is 0 Å². The molecular formula is C18H22N2O11. The van der Waals surface area contributed by atoms with E-state index < -0.39 is 67.3 Å². The molecule has 1 aliphatic rings. The summed E-state index contributed by atoms with van der Waals surface area (Å²) in [6.45, 7) is 3.96. The first-order chi connectivity index (χ1) is 14.6. The summed E-state index contributed by atoms with van der Waals surface area (Å²) in [6, 6.07) is 0. The van der Waals surface area contributed by atoms with Crippen molar-refractivity contribution < 1.29 is 52.4 Å². The van der Waals surface area contributed by atoms with E-state index in [1.165, 1.54) is 12.4 Å². The lowest BCUT2D eigenvalue weighted by Crippen LogP contribution is -2.63. The standard InChI is InChI=1S/C18H22N2O11/c1-9(21)26-7-13-14(27-10(2)22)15(28-11(3)23)16(29-12(4)24)17(30-13)31-18(25)20-6-5-19-8-20/h5-6,8,13-17H,7H2,1-4H3/t13?,14-,15+,16-,17+/m1/s1. The second-order valence-corrected chi connectivity index (χ2v) is 6.42. The minimum absolute atomic E-state index is 0.434. The average molecular weight is 442 g/mol. The Balaban J connectivity index is 2.41. The van der Waals surface area contributed by atoms with Gasteiger partial charge in [-0.2, -0.15) is 0 Å². The zero-order valence-electron chi connectivity index (χ0n) is 17.2. The second kappa shape index (κ2) is 10.5. The number of rotatable bonds is 6. The van der Waals surface area contributed by atoms with Crippen LogP contribution in [0.15, 0.2) is 18.7 Å². The molecule has 13 nitrogen and oxygen atoms in total. The van der Waals surface area contributed by atoms with E-state index in [1.54, 1.807) is 0 Å². The van der Waals surface area contributed by atoms with E-state index >= 15 is 0 Å². The van der Waals surface area contributed by atoms with Crippen molar-refractivity contribution in [2.24, 2.45) is 0 Å². The number of aromatic nitrogens is 2. The van der Waals surface area contributed by atoms with Crippen molar-refractivity contribution in [2.45, 2.75) is 58.4 Å². The van der Waals surface area contributed by atoms with E-state index in [-0.39, 0.29) is 0 Å². The highest BCUT2D eigenvalue weighted by molar-refractivity contribution is 5.71. The van der Waals surface area contributed by atoms with Crippen LogP contribution in [0.4, 0.5) is 4.79 Å². The number of nitrogens with zero attached hydrogens (tertiary/aromatic N) is 2. The third-order valence-corrected chi connectivity index (χ3v) is 3.88. The summed E-state index contributed by atoms with van der Waals surface area (Å²) in [6.07, 6.45) is -4.24. The van der Waals surface area contributed by atoms with Gasteiger partial charge in [-0.05, 0) is 0 Å². The Labute approximate surface area is 176 Å². The minimum atomic E-state index is -1.60. The van der Waals surface area contributed by atoms with Crippen LogP contribution >= 0.6 is 0 Å². The molecule has 2 rings (SSSR count). The lowest BCUT2D eigenvalue weighted by Gasteiger charge is -2.43. The van der Waals surface area contributed by atoms with Gasteiger partial charge in [-0.25, -0.2) is 14.3 Å². The Bertz CT molecular complexity index is 822. The summed E-state index contributed by atoms with van der Waals surface area (Å²) in [7, 11) is 0. The fourth-order valence-corrected chi connectivity index (χ4v) is 2.81. The van der Waals surface area contributed by atoms with Gasteiger partial charge in [0.2, 0.25) is 12.4 Å². The number of carbonyl (C=O) groups excluding carboxylic acids is 5. The van der Waals surface area contributed by atoms with Crippen molar-refractivity contribution in [1.82, 2.24) is 9.55 Å². The molecule has 0 amide bonds. The predicted molar refractivity (Wildman–Crippen MR) is 96.1 cm³/mol. The molecule has 13 heteroatoms. The van der Waals surface area contributed by atoms with Crippen LogP contribution in [0, 0.1) is 0 Å². The Kier molecular flexibility index (Phi) is 8.07. The molecule has 2 heterocycles. The summed E-state index contributed by atoms with van der Waals surface area (Å²) >= 11 is 0. The SMILES string of the molecule is CC(=O)OCC1O[C@@H](OC(=O)n2ccnc2)[C@H](OC(C)=O)[C@@H](OC(C)=O)[C@@H]1OC(C)=O. The van der Waals surface area contributed by atoms with Gasteiger partial charge in [0.1, 0.15) is 19.0 Å². The van der Waals surface area contributed by atoms with Crippen LogP contribution in [0.25, 0.3) is 0 Å². The summed E-state index contributed by atoms with van der Waals surface area (Å²) in [5.74, 6) is -3.04. The highest BCUT2D eigenvalue weighted by atomic mass is 16.8. The zero-order valence-corrected chi connectivity index (χ0v) is 17.2. The molecule has 170 valence electrons. The van der Waals surface area contributed by atoms with Gasteiger partial charge in [0, 0.05) is 40.1 Å². The number of ether oxygens (including phenoxy) is 6. The first-order valence-corrected chi connectivity index (χ1v) is 9.08. The van der Waals surface area contributed by atoms with Crippen molar-refractivity contribution >= 4 is 30.0 Å². The van der Waals surface area contributed by atoms with Crippen LogP contribution < -0.4 is 0 Å². The van der Waals surface area contributed by atoms with Gasteiger partial charge < -0.3 is 28.4 Å². The third kappa shape index (κ3) is 6.77. The number of imidazole rings is 1. The molecule has 1 aromatic heterocycles. The highest BCUT2D eigenvalue weighted by Gasteiger charge is 2.53. The van der Waals surface area contributed by atoms with Crippen LogP contribution in [-0.2, 0) is 47.6 Å². The van der Waals surface area contributed by atoms with Gasteiger partial charge in [0.05, 0.1) is 0 Å². The van der Waals surface area contributed by atoms with Gasteiger partial charge >= 0.3 is 30.0 Å². The molecule has 1 fully saturated rings. The van der Waals surface area contributed by atoms with E-state index in [4.69, 9.17) is 28.4 Å². The second-order valence-electron chi connectivity index (χ2n) is 6.42. The Morgan fingerprint density at radius 1 is 0.839 bits per heavy atom. The van der Waals surface area contributed by atoms with E-state index in [0.29, 0.717) is 0 Å². The molecule has 1 aromatic rings. The average Bonchev–Trinajstić information content (AvgIpc) is 3.18. The molecule has 0 spiro atoms. The summed E-state index contributed by atoms with van der Waals surface area (Å²) in [5, 5.41) is 0. The number of hydrogen-bond donors (Lipinski definition) is 0. The summed E-state index contributed by atoms with van der Waals surface area (Å²) in [4.78, 5) is 62.4. The van der Waals surface area contributed by atoms with Crippen molar-refractivity contribution in [3.8, 4) is 0 Å². The van der Waals surface area contributed by atoms with Crippen molar-refractivity contribution in [3.05, 3.63) is 18.7 Å². The van der Waals surface area contributed by atoms with Gasteiger partial charge in [-0.15, -0.1) is 0 Å². The number of hydrogen-bond acceptors (Lipinski definition) is 12. The van der Waals surface area contributed by atoms with Crippen LogP contribution in [0.2, 0.25) is 0 Å². The number of carbonyl (C=O) groups is 5. The molecule has 5 atom stereocenters. The van der Waals surface area contributed by atoms with E-state index in [0.717, 1.165) is 38.6 Å². The molecule has 1 aliphatic heterocycles. The molecule has 0 saturated carbocycles. The smallest absolute Gasteiger partial charge is 0.421 e. The van der Waals surface area contributed by atoms with Crippen molar-refractivity contribution in [1.29, 1.82) is 0 Å². The van der Waals surface area contributed by atoms with Gasteiger partial charge in [-0.1, -0.05) is 0 Å².